The fourth-order valence-electron chi connectivity index (χ4n) is 2.90. The summed E-state index contributed by atoms with van der Waals surface area (Å²) in [5.41, 5.74) is 2.45. The summed E-state index contributed by atoms with van der Waals surface area (Å²) in [4.78, 5) is 27.2. The molecule has 0 radical (unpaired) electrons. The number of aromatic nitrogens is 4. The minimum Gasteiger partial charge on any atom is -0.333 e. The molecule has 0 bridgehead atoms. The lowest BCUT2D eigenvalue weighted by Gasteiger charge is -2.19. The summed E-state index contributed by atoms with van der Waals surface area (Å²) < 4.78 is 2.09. The average Bonchev–Trinajstić information content (AvgIpc) is 2.99. The van der Waals surface area contributed by atoms with E-state index in [4.69, 9.17) is 0 Å². The van der Waals surface area contributed by atoms with Gasteiger partial charge in [-0.05, 0) is 18.6 Å². The summed E-state index contributed by atoms with van der Waals surface area (Å²) in [6, 6.07) is 9.68. The highest BCUT2D eigenvalue weighted by molar-refractivity contribution is 5.93. The summed E-state index contributed by atoms with van der Waals surface area (Å²) in [6.07, 6.45) is 7.68. The van der Waals surface area contributed by atoms with Gasteiger partial charge in [-0.1, -0.05) is 18.2 Å². The maximum absolute atomic E-state index is 12.7. The highest BCUT2D eigenvalue weighted by Crippen LogP contribution is 2.16. The summed E-state index contributed by atoms with van der Waals surface area (Å²) in [6.45, 7) is 2.16. The molecule has 3 heterocycles. The maximum atomic E-state index is 12.7. The Morgan fingerprint density at radius 1 is 1.04 bits per heavy atom. The number of para-hydroxylation sites is 1. The number of benzene rings is 1. The zero-order chi connectivity index (χ0) is 17.1. The molecular weight excluding hydrogens is 316 g/mol. The third-order valence-corrected chi connectivity index (χ3v) is 4.19. The Bertz CT molecular complexity index is 859. The smallest absolute Gasteiger partial charge is 0.257 e. The predicted molar refractivity (Wildman–Crippen MR) is 93.3 cm³/mol. The van der Waals surface area contributed by atoms with Crippen LogP contribution in [-0.2, 0) is 13.1 Å². The molecule has 126 valence electrons. The first-order chi connectivity index (χ1) is 12.3. The van der Waals surface area contributed by atoms with Crippen LogP contribution in [0, 0.1) is 0 Å². The Balaban J connectivity index is 1.47. The minimum absolute atomic E-state index is 0.0547. The van der Waals surface area contributed by atoms with E-state index >= 15 is 0 Å². The van der Waals surface area contributed by atoms with Crippen LogP contribution in [0.15, 0.2) is 55.2 Å². The van der Waals surface area contributed by atoms with E-state index in [-0.39, 0.29) is 5.91 Å². The van der Waals surface area contributed by atoms with Crippen molar-refractivity contribution in [3.05, 3.63) is 66.5 Å². The first-order valence-corrected chi connectivity index (χ1v) is 8.22. The molecule has 4 rings (SSSR count). The third-order valence-electron chi connectivity index (χ3n) is 4.19. The number of nitrogens with one attached hydrogen (secondary N) is 1. The van der Waals surface area contributed by atoms with Crippen molar-refractivity contribution in [1.29, 1.82) is 0 Å². The van der Waals surface area contributed by atoms with Crippen LogP contribution in [-0.4, -0.2) is 36.9 Å². The molecule has 1 N–H and O–H groups in total. The van der Waals surface area contributed by atoms with Crippen molar-refractivity contribution in [2.75, 3.05) is 11.9 Å². The molecular formula is C18H18N6O. The van der Waals surface area contributed by atoms with E-state index in [0.717, 1.165) is 24.3 Å². The minimum atomic E-state index is -0.0547. The van der Waals surface area contributed by atoms with Crippen molar-refractivity contribution >= 4 is 17.5 Å². The molecule has 0 saturated carbocycles. The normalized spacial score (nSPS) is 13.8. The highest BCUT2D eigenvalue weighted by Gasteiger charge is 2.21. The van der Waals surface area contributed by atoms with Crippen LogP contribution in [0.3, 0.4) is 0 Å². The Hall–Kier alpha value is -3.22. The van der Waals surface area contributed by atoms with E-state index in [1.807, 2.05) is 47.8 Å². The quantitative estimate of drug-likeness (QED) is 0.796. The monoisotopic (exact) mass is 334 g/mol. The second-order valence-electron chi connectivity index (χ2n) is 5.95. The summed E-state index contributed by atoms with van der Waals surface area (Å²) in [5, 5.41) is 3.11. The number of hydrogen-bond acceptors (Lipinski definition) is 5. The van der Waals surface area contributed by atoms with E-state index in [0.29, 0.717) is 24.6 Å². The molecule has 7 nitrogen and oxygen atoms in total. The van der Waals surface area contributed by atoms with Crippen molar-refractivity contribution in [1.82, 2.24) is 24.4 Å². The fraction of sp³-hybridized carbons (Fsp3) is 0.222. The molecule has 1 aliphatic heterocycles. The lowest BCUT2D eigenvalue weighted by molar-refractivity contribution is 0.0745. The molecule has 0 atom stereocenters. The molecule has 0 spiro atoms. The van der Waals surface area contributed by atoms with Crippen LogP contribution in [0.2, 0.25) is 0 Å². The first kappa shape index (κ1) is 15.3. The molecule has 25 heavy (non-hydrogen) atoms. The van der Waals surface area contributed by atoms with E-state index in [1.165, 1.54) is 0 Å². The van der Waals surface area contributed by atoms with Gasteiger partial charge in [0.15, 0.2) is 0 Å². The van der Waals surface area contributed by atoms with E-state index in [2.05, 4.69) is 24.8 Å². The van der Waals surface area contributed by atoms with Gasteiger partial charge in [0.25, 0.3) is 5.91 Å². The number of aryl methyl sites for hydroxylation is 1. The van der Waals surface area contributed by atoms with Gasteiger partial charge in [-0.3, -0.25) is 4.79 Å². The topological polar surface area (TPSA) is 75.9 Å². The molecule has 7 heteroatoms. The van der Waals surface area contributed by atoms with Gasteiger partial charge in [-0.2, -0.15) is 0 Å². The molecule has 2 aromatic heterocycles. The molecule has 0 aliphatic carbocycles. The maximum Gasteiger partial charge on any atom is 0.257 e. The first-order valence-electron chi connectivity index (χ1n) is 8.22. The van der Waals surface area contributed by atoms with Gasteiger partial charge in [-0.25, -0.2) is 15.0 Å². The zero-order valence-electron chi connectivity index (χ0n) is 13.7. The fourth-order valence-corrected chi connectivity index (χ4v) is 2.90. The lowest BCUT2D eigenvalue weighted by Crippen LogP contribution is -2.31. The number of amides is 1. The van der Waals surface area contributed by atoms with E-state index in [1.54, 1.807) is 12.4 Å². The number of anilines is 2. The summed E-state index contributed by atoms with van der Waals surface area (Å²) in [7, 11) is 0. The number of rotatable bonds is 3. The van der Waals surface area contributed by atoms with Gasteiger partial charge >= 0.3 is 0 Å². The SMILES string of the molecule is O=C(c1cnc(Nc2ccccc2)nc1)N1CCCn2cncc2C1. The van der Waals surface area contributed by atoms with Crippen LogP contribution in [0.25, 0.3) is 0 Å². The van der Waals surface area contributed by atoms with Crippen LogP contribution in [0.5, 0.6) is 0 Å². The van der Waals surface area contributed by atoms with Crippen LogP contribution >= 0.6 is 0 Å². The van der Waals surface area contributed by atoms with Crippen molar-refractivity contribution in [2.45, 2.75) is 19.5 Å². The summed E-state index contributed by atoms with van der Waals surface area (Å²) in [5.74, 6) is 0.414. The lowest BCUT2D eigenvalue weighted by atomic mass is 10.2. The Morgan fingerprint density at radius 2 is 1.84 bits per heavy atom. The molecule has 1 aromatic carbocycles. The van der Waals surface area contributed by atoms with Crippen molar-refractivity contribution in [2.24, 2.45) is 0 Å². The van der Waals surface area contributed by atoms with Crippen molar-refractivity contribution in [3.8, 4) is 0 Å². The molecule has 0 unspecified atom stereocenters. The van der Waals surface area contributed by atoms with Crippen molar-refractivity contribution < 1.29 is 4.79 Å². The molecule has 0 saturated heterocycles. The standard InChI is InChI=1S/C18H18N6O/c25-17(23-7-4-8-24-13-19-11-16(24)12-23)14-9-20-18(21-10-14)22-15-5-2-1-3-6-15/h1-3,5-6,9-11,13H,4,7-8,12H2,(H,20,21,22). The Kier molecular flexibility index (Phi) is 4.12. The van der Waals surface area contributed by atoms with Crippen LogP contribution in [0.1, 0.15) is 22.5 Å². The molecule has 1 amide bonds. The molecule has 3 aromatic rings. The number of carbonyl (C=O) groups excluding carboxylic acids is 1. The number of imidazole rings is 1. The largest absolute Gasteiger partial charge is 0.333 e. The number of hydrogen-bond donors (Lipinski definition) is 1. The number of carbonyl (C=O) groups is 1. The Labute approximate surface area is 145 Å². The van der Waals surface area contributed by atoms with Gasteiger partial charge in [0.05, 0.1) is 24.1 Å². The van der Waals surface area contributed by atoms with Crippen molar-refractivity contribution in [3.63, 3.8) is 0 Å². The molecule has 0 fully saturated rings. The van der Waals surface area contributed by atoms with Gasteiger partial charge in [0.1, 0.15) is 0 Å². The second kappa shape index (κ2) is 6.72. The van der Waals surface area contributed by atoms with Gasteiger partial charge in [-0.15, -0.1) is 0 Å². The zero-order valence-corrected chi connectivity index (χ0v) is 13.7. The average molecular weight is 334 g/mol. The number of nitrogens with zero attached hydrogens (tertiary/aromatic N) is 5. The third kappa shape index (κ3) is 3.35. The second-order valence-corrected chi connectivity index (χ2v) is 5.95. The van der Waals surface area contributed by atoms with Gasteiger partial charge < -0.3 is 14.8 Å². The Morgan fingerprint density at radius 3 is 2.64 bits per heavy atom. The van der Waals surface area contributed by atoms with E-state index in [9.17, 15) is 4.79 Å². The molecule has 1 aliphatic rings. The van der Waals surface area contributed by atoms with Gasteiger partial charge in [0.2, 0.25) is 5.95 Å². The van der Waals surface area contributed by atoms with Crippen LogP contribution < -0.4 is 5.32 Å². The number of fused-ring (bicyclic) bond motifs is 1. The highest BCUT2D eigenvalue weighted by atomic mass is 16.2. The van der Waals surface area contributed by atoms with Crippen LogP contribution in [0.4, 0.5) is 11.6 Å². The van der Waals surface area contributed by atoms with Gasteiger partial charge in [0, 0.05) is 37.4 Å². The predicted octanol–water partition coefficient (Wildman–Crippen LogP) is 2.46. The van der Waals surface area contributed by atoms with E-state index < -0.39 is 0 Å². The summed E-state index contributed by atoms with van der Waals surface area (Å²) >= 11 is 0.